The molecule has 1 aliphatic heterocycles. The molecule has 0 aromatic carbocycles. The molecule has 0 amide bonds. The fraction of sp³-hybridized carbons (Fsp3) is 0.769. The van der Waals surface area contributed by atoms with E-state index in [0.717, 1.165) is 24.7 Å². The van der Waals surface area contributed by atoms with E-state index in [0.29, 0.717) is 11.8 Å². The highest BCUT2D eigenvalue weighted by atomic mass is 16.4. The number of nitrogens with one attached hydrogen (secondary N) is 1. The second kappa shape index (κ2) is 4.21. The molecule has 2 fully saturated rings. The van der Waals surface area contributed by atoms with Gasteiger partial charge < -0.3 is 9.73 Å². The molecule has 1 unspecified atom stereocenters. The summed E-state index contributed by atoms with van der Waals surface area (Å²) in [6.45, 7) is 4.29. The number of aryl methyl sites for hydroxylation is 1. The minimum Gasteiger partial charge on any atom is -0.445 e. The molecule has 1 aromatic rings. The van der Waals surface area contributed by atoms with Crippen molar-refractivity contribution in [1.82, 2.24) is 10.3 Å². The van der Waals surface area contributed by atoms with Crippen molar-refractivity contribution < 1.29 is 4.42 Å². The van der Waals surface area contributed by atoms with Gasteiger partial charge in [-0.25, -0.2) is 4.98 Å². The largest absolute Gasteiger partial charge is 0.445 e. The van der Waals surface area contributed by atoms with Crippen LogP contribution in [-0.4, -0.2) is 18.1 Å². The average Bonchev–Trinajstić information content (AvgIpc) is 2.59. The van der Waals surface area contributed by atoms with Crippen molar-refractivity contribution in [2.45, 2.75) is 50.9 Å². The normalized spacial score (nSPS) is 26.7. The highest BCUT2D eigenvalue weighted by Gasteiger charge is 2.28. The third kappa shape index (κ3) is 1.77. The molecule has 0 radical (unpaired) electrons. The smallest absolute Gasteiger partial charge is 0.197 e. The van der Waals surface area contributed by atoms with E-state index in [2.05, 4.69) is 12.2 Å². The zero-order valence-corrected chi connectivity index (χ0v) is 9.96. The lowest BCUT2D eigenvalue weighted by molar-refractivity contribution is 0.329. The SMILES string of the molecule is Cc1oc(C2CCC2)nc1C1CCCNC1. The van der Waals surface area contributed by atoms with E-state index >= 15 is 0 Å². The Morgan fingerprint density at radius 3 is 2.62 bits per heavy atom. The van der Waals surface area contributed by atoms with Gasteiger partial charge in [0.1, 0.15) is 5.76 Å². The summed E-state index contributed by atoms with van der Waals surface area (Å²) in [5.74, 6) is 3.25. The number of nitrogens with zero attached hydrogens (tertiary/aromatic N) is 1. The van der Waals surface area contributed by atoms with Gasteiger partial charge in [-0.05, 0) is 39.2 Å². The Kier molecular flexibility index (Phi) is 2.72. The number of aromatic nitrogens is 1. The number of piperidine rings is 1. The van der Waals surface area contributed by atoms with Crippen molar-refractivity contribution in [2.24, 2.45) is 0 Å². The zero-order chi connectivity index (χ0) is 11.0. The second-order valence-electron chi connectivity index (χ2n) is 5.16. The Bertz CT molecular complexity index is 362. The molecule has 1 saturated heterocycles. The van der Waals surface area contributed by atoms with Gasteiger partial charge >= 0.3 is 0 Å². The van der Waals surface area contributed by atoms with E-state index in [9.17, 15) is 0 Å². The highest BCUT2D eigenvalue weighted by Crippen LogP contribution is 2.37. The summed E-state index contributed by atoms with van der Waals surface area (Å²) in [5, 5.41) is 3.45. The van der Waals surface area contributed by atoms with Crippen molar-refractivity contribution in [3.63, 3.8) is 0 Å². The first kappa shape index (κ1) is 10.3. The van der Waals surface area contributed by atoms with Crippen LogP contribution in [0.5, 0.6) is 0 Å². The lowest BCUT2D eigenvalue weighted by Gasteiger charge is -2.22. The van der Waals surface area contributed by atoms with Gasteiger partial charge in [0.2, 0.25) is 0 Å². The van der Waals surface area contributed by atoms with Gasteiger partial charge in [0, 0.05) is 18.4 Å². The minimum atomic E-state index is 0.575. The van der Waals surface area contributed by atoms with E-state index in [4.69, 9.17) is 9.40 Å². The topological polar surface area (TPSA) is 38.1 Å². The predicted octanol–water partition coefficient (Wildman–Crippen LogP) is 2.72. The molecule has 0 spiro atoms. The zero-order valence-electron chi connectivity index (χ0n) is 9.96. The maximum Gasteiger partial charge on any atom is 0.197 e. The minimum absolute atomic E-state index is 0.575. The summed E-state index contributed by atoms with van der Waals surface area (Å²) in [7, 11) is 0. The van der Waals surface area contributed by atoms with Crippen LogP contribution in [0.1, 0.15) is 61.3 Å². The number of hydrogen-bond acceptors (Lipinski definition) is 3. The van der Waals surface area contributed by atoms with Gasteiger partial charge in [-0.1, -0.05) is 6.42 Å². The van der Waals surface area contributed by atoms with E-state index in [1.54, 1.807) is 0 Å². The summed E-state index contributed by atoms with van der Waals surface area (Å²) >= 11 is 0. The molecule has 3 heteroatoms. The Morgan fingerprint density at radius 1 is 1.19 bits per heavy atom. The fourth-order valence-corrected chi connectivity index (χ4v) is 2.72. The third-order valence-corrected chi connectivity index (χ3v) is 3.99. The monoisotopic (exact) mass is 220 g/mol. The Balaban J connectivity index is 1.79. The number of hydrogen-bond donors (Lipinski definition) is 1. The van der Waals surface area contributed by atoms with Crippen molar-refractivity contribution in [2.75, 3.05) is 13.1 Å². The van der Waals surface area contributed by atoms with E-state index in [1.807, 2.05) is 0 Å². The van der Waals surface area contributed by atoms with Crippen LogP contribution in [0.15, 0.2) is 4.42 Å². The van der Waals surface area contributed by atoms with Gasteiger partial charge in [-0.2, -0.15) is 0 Å². The van der Waals surface area contributed by atoms with Crippen LogP contribution in [-0.2, 0) is 0 Å². The van der Waals surface area contributed by atoms with Gasteiger partial charge in [0.25, 0.3) is 0 Å². The molecule has 2 aliphatic rings. The van der Waals surface area contributed by atoms with Gasteiger partial charge in [-0.15, -0.1) is 0 Å². The Labute approximate surface area is 96.6 Å². The average molecular weight is 220 g/mol. The van der Waals surface area contributed by atoms with Crippen LogP contribution in [0.2, 0.25) is 0 Å². The molecular formula is C13H20N2O. The quantitative estimate of drug-likeness (QED) is 0.832. The molecule has 1 aromatic heterocycles. The Hall–Kier alpha value is -0.830. The van der Waals surface area contributed by atoms with Crippen LogP contribution >= 0.6 is 0 Å². The van der Waals surface area contributed by atoms with Crippen molar-refractivity contribution in [3.8, 4) is 0 Å². The molecule has 1 N–H and O–H groups in total. The molecule has 88 valence electrons. The second-order valence-corrected chi connectivity index (χ2v) is 5.16. The van der Waals surface area contributed by atoms with Gasteiger partial charge in [-0.3, -0.25) is 0 Å². The van der Waals surface area contributed by atoms with Crippen LogP contribution in [0.25, 0.3) is 0 Å². The first-order chi connectivity index (χ1) is 7.84. The summed E-state index contributed by atoms with van der Waals surface area (Å²) in [6, 6.07) is 0. The summed E-state index contributed by atoms with van der Waals surface area (Å²) < 4.78 is 5.83. The summed E-state index contributed by atoms with van der Waals surface area (Å²) in [6.07, 6.45) is 6.39. The molecule has 1 saturated carbocycles. The molecule has 3 nitrogen and oxygen atoms in total. The maximum atomic E-state index is 5.83. The number of rotatable bonds is 2. The van der Waals surface area contributed by atoms with Crippen LogP contribution < -0.4 is 5.32 Å². The predicted molar refractivity (Wildman–Crippen MR) is 62.7 cm³/mol. The number of oxazole rings is 1. The summed E-state index contributed by atoms with van der Waals surface area (Å²) in [4.78, 5) is 4.75. The highest BCUT2D eigenvalue weighted by molar-refractivity contribution is 5.17. The van der Waals surface area contributed by atoms with E-state index in [1.165, 1.54) is 37.8 Å². The van der Waals surface area contributed by atoms with Gasteiger partial charge in [0.15, 0.2) is 5.89 Å². The van der Waals surface area contributed by atoms with E-state index < -0.39 is 0 Å². The first-order valence-corrected chi connectivity index (χ1v) is 6.52. The van der Waals surface area contributed by atoms with Crippen LogP contribution in [0, 0.1) is 6.92 Å². The fourth-order valence-electron chi connectivity index (χ4n) is 2.72. The molecule has 3 rings (SSSR count). The molecule has 2 heterocycles. The molecule has 1 aliphatic carbocycles. The first-order valence-electron chi connectivity index (χ1n) is 6.52. The molecular weight excluding hydrogens is 200 g/mol. The lowest BCUT2D eigenvalue weighted by Crippen LogP contribution is -2.28. The Morgan fingerprint density at radius 2 is 2.00 bits per heavy atom. The van der Waals surface area contributed by atoms with Gasteiger partial charge in [0.05, 0.1) is 5.69 Å². The third-order valence-electron chi connectivity index (χ3n) is 3.99. The van der Waals surface area contributed by atoms with Crippen molar-refractivity contribution in [1.29, 1.82) is 0 Å². The van der Waals surface area contributed by atoms with Crippen LogP contribution in [0.4, 0.5) is 0 Å². The summed E-state index contributed by atoms with van der Waals surface area (Å²) in [5.41, 5.74) is 1.22. The maximum absolute atomic E-state index is 5.83. The molecule has 1 atom stereocenters. The van der Waals surface area contributed by atoms with Crippen molar-refractivity contribution >= 4 is 0 Å². The van der Waals surface area contributed by atoms with E-state index in [-0.39, 0.29) is 0 Å². The molecule has 0 bridgehead atoms. The van der Waals surface area contributed by atoms with Crippen molar-refractivity contribution in [3.05, 3.63) is 17.3 Å². The van der Waals surface area contributed by atoms with Crippen LogP contribution in [0.3, 0.4) is 0 Å². The standard InChI is InChI=1S/C13H20N2O/c1-9-12(11-6-3-7-14-8-11)15-13(16-9)10-4-2-5-10/h10-11,14H,2-8H2,1H3. The molecule has 16 heavy (non-hydrogen) atoms. The lowest BCUT2D eigenvalue weighted by atomic mass is 9.85.